The topological polar surface area (TPSA) is 88.0 Å². The van der Waals surface area contributed by atoms with Gasteiger partial charge in [0.1, 0.15) is 5.69 Å². The molecular weight excluding hydrogens is 278 g/mol. The molecule has 0 bridgehead atoms. The molecule has 0 radical (unpaired) electrons. The molecule has 0 aliphatic rings. The summed E-state index contributed by atoms with van der Waals surface area (Å²) in [4.78, 5) is 22.9. The lowest BCUT2D eigenvalue weighted by atomic mass is 10.2. The fourth-order valence-electron chi connectivity index (χ4n) is 1.82. The van der Waals surface area contributed by atoms with E-state index in [4.69, 9.17) is 17.3 Å². The smallest absolute Gasteiger partial charge is 0.303 e. The van der Waals surface area contributed by atoms with E-state index in [-0.39, 0.29) is 28.9 Å². The van der Waals surface area contributed by atoms with Gasteiger partial charge in [-0.15, -0.1) is 0 Å². The first-order chi connectivity index (χ1) is 9.49. The van der Waals surface area contributed by atoms with Crippen LogP contribution in [0.2, 0.25) is 0 Å². The summed E-state index contributed by atoms with van der Waals surface area (Å²) in [6.07, 6.45) is -0.0905. The molecule has 2 aromatic rings. The van der Waals surface area contributed by atoms with Crippen molar-refractivity contribution >= 4 is 18.2 Å². The van der Waals surface area contributed by atoms with Gasteiger partial charge >= 0.3 is 5.97 Å². The fraction of sp³-hybridized carbons (Fsp3) is 0.231. The molecule has 1 aromatic heterocycles. The summed E-state index contributed by atoms with van der Waals surface area (Å²) >= 11 is 5.09. The summed E-state index contributed by atoms with van der Waals surface area (Å²) in [5.74, 6) is -0.976. The number of hydrogen-bond donors (Lipinski definition) is 2. The molecule has 104 valence electrons. The second-order valence-corrected chi connectivity index (χ2v) is 4.74. The van der Waals surface area contributed by atoms with E-state index in [1.165, 1.54) is 4.57 Å². The number of benzene rings is 1. The highest BCUT2D eigenvalue weighted by Gasteiger charge is 2.10. The number of nitrogens with zero attached hydrogens (tertiary/aromatic N) is 2. The lowest BCUT2D eigenvalue weighted by Crippen LogP contribution is -2.26. The molecule has 0 atom stereocenters. The Hall–Kier alpha value is -2.28. The second-order valence-electron chi connectivity index (χ2n) is 4.35. The van der Waals surface area contributed by atoms with Crippen molar-refractivity contribution in [2.75, 3.05) is 0 Å². The van der Waals surface area contributed by atoms with E-state index in [2.05, 4.69) is 10.2 Å². The van der Waals surface area contributed by atoms with Crippen LogP contribution in [0.4, 0.5) is 0 Å². The van der Waals surface area contributed by atoms with Crippen molar-refractivity contribution in [2.24, 2.45) is 0 Å². The highest BCUT2D eigenvalue weighted by molar-refractivity contribution is 7.71. The van der Waals surface area contributed by atoms with Crippen molar-refractivity contribution in [3.8, 4) is 5.69 Å². The highest BCUT2D eigenvalue weighted by atomic mass is 32.1. The van der Waals surface area contributed by atoms with Gasteiger partial charge in [-0.2, -0.15) is 5.10 Å². The summed E-state index contributed by atoms with van der Waals surface area (Å²) in [6.45, 7) is 1.91. The number of aromatic nitrogens is 3. The Balaban J connectivity index is 2.53. The normalized spacial score (nSPS) is 10.4. The molecule has 2 N–H and O–H groups in total. The molecule has 1 aromatic carbocycles. The maximum atomic E-state index is 12.3. The van der Waals surface area contributed by atoms with Gasteiger partial charge in [-0.25, -0.2) is 0 Å². The van der Waals surface area contributed by atoms with Crippen LogP contribution in [-0.2, 0) is 11.2 Å². The minimum Gasteiger partial charge on any atom is -0.481 e. The third kappa shape index (κ3) is 3.00. The number of aliphatic carboxylic acids is 1. The quantitative estimate of drug-likeness (QED) is 0.836. The summed E-state index contributed by atoms with van der Waals surface area (Å²) in [7, 11) is 0. The molecule has 0 aliphatic carbocycles. The number of H-pyrrole nitrogens is 1. The fourth-order valence-corrected chi connectivity index (χ4v) is 2.06. The largest absolute Gasteiger partial charge is 0.481 e. The van der Waals surface area contributed by atoms with E-state index in [1.807, 2.05) is 25.1 Å². The number of carboxylic acids is 1. The van der Waals surface area contributed by atoms with Crippen LogP contribution < -0.4 is 5.56 Å². The van der Waals surface area contributed by atoms with E-state index >= 15 is 0 Å². The first-order valence-corrected chi connectivity index (χ1v) is 6.39. The number of aryl methyl sites for hydroxylation is 2. The molecule has 6 nitrogen and oxygen atoms in total. The standard InChI is InChI=1S/C13H13N3O3S/c1-8-3-2-4-9(7-8)16-12(19)10(5-6-11(17)18)14-15-13(16)20/h2-4,7H,5-6H2,1H3,(H,15,20)(H,17,18). The van der Waals surface area contributed by atoms with E-state index in [0.717, 1.165) is 5.56 Å². The average Bonchev–Trinajstić information content (AvgIpc) is 2.38. The molecule has 0 saturated heterocycles. The van der Waals surface area contributed by atoms with Crippen molar-refractivity contribution in [1.29, 1.82) is 0 Å². The third-order valence-electron chi connectivity index (χ3n) is 2.78. The molecular formula is C13H13N3O3S. The Bertz CT molecular complexity index is 764. The van der Waals surface area contributed by atoms with Crippen LogP contribution in [0.3, 0.4) is 0 Å². The first-order valence-electron chi connectivity index (χ1n) is 5.98. The van der Waals surface area contributed by atoms with Gasteiger partial charge in [0.25, 0.3) is 5.56 Å². The van der Waals surface area contributed by atoms with Crippen molar-refractivity contribution < 1.29 is 9.90 Å². The molecule has 2 rings (SSSR count). The van der Waals surface area contributed by atoms with Crippen molar-refractivity contribution in [2.45, 2.75) is 19.8 Å². The van der Waals surface area contributed by atoms with Gasteiger partial charge < -0.3 is 5.11 Å². The molecule has 0 saturated carbocycles. The number of hydrogen-bond acceptors (Lipinski definition) is 4. The third-order valence-corrected chi connectivity index (χ3v) is 3.05. The van der Waals surface area contributed by atoms with Gasteiger partial charge in [-0.05, 0) is 36.8 Å². The zero-order chi connectivity index (χ0) is 14.7. The maximum Gasteiger partial charge on any atom is 0.303 e. The monoisotopic (exact) mass is 291 g/mol. The number of carbonyl (C=O) groups is 1. The van der Waals surface area contributed by atoms with Crippen LogP contribution in [-0.4, -0.2) is 25.8 Å². The number of rotatable bonds is 4. The SMILES string of the molecule is Cc1cccc(-n2c(=S)[nH]nc(CCC(=O)O)c2=O)c1. The number of aromatic amines is 1. The number of nitrogens with one attached hydrogen (secondary N) is 1. The van der Waals surface area contributed by atoms with Gasteiger partial charge in [0, 0.05) is 6.42 Å². The van der Waals surface area contributed by atoms with Crippen LogP contribution in [0.5, 0.6) is 0 Å². The highest BCUT2D eigenvalue weighted by Crippen LogP contribution is 2.08. The molecule has 0 aliphatic heterocycles. The zero-order valence-electron chi connectivity index (χ0n) is 10.8. The molecule has 0 unspecified atom stereocenters. The van der Waals surface area contributed by atoms with Crippen LogP contribution in [0.15, 0.2) is 29.1 Å². The molecule has 20 heavy (non-hydrogen) atoms. The van der Waals surface area contributed by atoms with E-state index in [1.54, 1.807) is 6.07 Å². The van der Waals surface area contributed by atoms with Crippen LogP contribution in [0.25, 0.3) is 5.69 Å². The molecule has 7 heteroatoms. The van der Waals surface area contributed by atoms with Gasteiger partial charge in [-0.3, -0.25) is 19.3 Å². The predicted molar refractivity (Wildman–Crippen MR) is 75.7 cm³/mol. The lowest BCUT2D eigenvalue weighted by Gasteiger charge is -2.08. The van der Waals surface area contributed by atoms with Gasteiger partial charge in [0.15, 0.2) is 0 Å². The maximum absolute atomic E-state index is 12.3. The zero-order valence-corrected chi connectivity index (χ0v) is 11.6. The minimum absolute atomic E-state index is 0.0616. The first kappa shape index (κ1) is 14.1. The lowest BCUT2D eigenvalue weighted by molar-refractivity contribution is -0.136. The van der Waals surface area contributed by atoms with Crippen molar-refractivity contribution in [3.05, 3.63) is 50.6 Å². The predicted octanol–water partition coefficient (Wildman–Crippen LogP) is 1.62. The van der Waals surface area contributed by atoms with Crippen LogP contribution in [0, 0.1) is 11.7 Å². The molecule has 0 spiro atoms. The van der Waals surface area contributed by atoms with Crippen LogP contribution >= 0.6 is 12.2 Å². The molecule has 0 fully saturated rings. The Morgan fingerprint density at radius 3 is 2.90 bits per heavy atom. The molecule has 0 amide bonds. The van der Waals surface area contributed by atoms with Gasteiger partial charge in [0.2, 0.25) is 4.77 Å². The van der Waals surface area contributed by atoms with Gasteiger partial charge in [0.05, 0.1) is 12.1 Å². The summed E-state index contributed by atoms with van der Waals surface area (Å²) in [5, 5.41) is 15.1. The summed E-state index contributed by atoms with van der Waals surface area (Å²) in [5.41, 5.74) is 1.39. The molecule has 1 heterocycles. The second kappa shape index (κ2) is 5.79. The van der Waals surface area contributed by atoms with Crippen molar-refractivity contribution in [1.82, 2.24) is 14.8 Å². The van der Waals surface area contributed by atoms with E-state index in [0.29, 0.717) is 5.69 Å². The van der Waals surface area contributed by atoms with E-state index in [9.17, 15) is 9.59 Å². The summed E-state index contributed by atoms with van der Waals surface area (Å²) in [6, 6.07) is 7.32. The Labute approximate surface area is 119 Å². The average molecular weight is 291 g/mol. The van der Waals surface area contributed by atoms with E-state index < -0.39 is 5.97 Å². The summed E-state index contributed by atoms with van der Waals surface area (Å²) < 4.78 is 1.51. The Morgan fingerprint density at radius 2 is 2.25 bits per heavy atom. The van der Waals surface area contributed by atoms with Gasteiger partial charge in [-0.1, -0.05) is 12.1 Å². The minimum atomic E-state index is -0.976. The van der Waals surface area contributed by atoms with Crippen LogP contribution in [0.1, 0.15) is 17.7 Å². The Kier molecular flexibility index (Phi) is 4.09. The Morgan fingerprint density at radius 1 is 1.50 bits per heavy atom. The number of carboxylic acid groups (broad SMARTS) is 1. The van der Waals surface area contributed by atoms with Crippen molar-refractivity contribution in [3.63, 3.8) is 0 Å².